The summed E-state index contributed by atoms with van der Waals surface area (Å²) in [7, 11) is -3.78. The van der Waals surface area contributed by atoms with Crippen LogP contribution in [0.15, 0.2) is 53.6 Å². The topological polar surface area (TPSA) is 79.3 Å². The summed E-state index contributed by atoms with van der Waals surface area (Å²) in [6, 6.07) is 10.6. The molecule has 1 unspecified atom stereocenters. The van der Waals surface area contributed by atoms with E-state index in [0.717, 1.165) is 0 Å². The van der Waals surface area contributed by atoms with E-state index in [1.165, 1.54) is 12.1 Å². The normalized spacial score (nSPS) is 13.1. The first-order chi connectivity index (χ1) is 9.00. The smallest absolute Gasteiger partial charge is 0.244 e. The molecule has 100 valence electrons. The Kier molecular flexibility index (Phi) is 3.82. The van der Waals surface area contributed by atoms with Crippen molar-refractivity contribution in [2.45, 2.75) is 17.9 Å². The van der Waals surface area contributed by atoms with Gasteiger partial charge in [0.1, 0.15) is 10.6 Å². The molecule has 1 aromatic carbocycles. The fourth-order valence-electron chi connectivity index (χ4n) is 1.67. The maximum atomic E-state index is 12.1. The molecule has 0 spiro atoms. The lowest BCUT2D eigenvalue weighted by Crippen LogP contribution is -2.27. The maximum absolute atomic E-state index is 12.1. The number of hydrogen-bond acceptors (Lipinski definition) is 4. The van der Waals surface area contributed by atoms with E-state index in [1.807, 2.05) is 0 Å². The third-order valence-corrected chi connectivity index (χ3v) is 4.21. The number of rotatable bonds is 4. The number of pyridine rings is 1. The van der Waals surface area contributed by atoms with Crippen molar-refractivity contribution in [1.82, 2.24) is 9.71 Å². The number of para-hydroxylation sites is 1. The second kappa shape index (κ2) is 5.38. The van der Waals surface area contributed by atoms with Crippen molar-refractivity contribution in [2.75, 3.05) is 0 Å². The molecule has 0 bridgehead atoms. The Bertz CT molecular complexity index is 657. The Morgan fingerprint density at radius 1 is 1.16 bits per heavy atom. The summed E-state index contributed by atoms with van der Waals surface area (Å²) < 4.78 is 26.8. The lowest BCUT2D eigenvalue weighted by molar-refractivity contribution is 0.457. The van der Waals surface area contributed by atoms with Crippen molar-refractivity contribution in [3.63, 3.8) is 0 Å². The van der Waals surface area contributed by atoms with Gasteiger partial charge in [0.25, 0.3) is 0 Å². The highest BCUT2D eigenvalue weighted by molar-refractivity contribution is 7.89. The van der Waals surface area contributed by atoms with Crippen LogP contribution >= 0.6 is 0 Å². The number of phenols is 1. The zero-order valence-corrected chi connectivity index (χ0v) is 11.1. The molecule has 1 atom stereocenters. The summed E-state index contributed by atoms with van der Waals surface area (Å²) in [6.45, 7) is 1.69. The summed E-state index contributed by atoms with van der Waals surface area (Å²) in [6.07, 6.45) is 1.60. The minimum Gasteiger partial charge on any atom is -0.507 e. The first kappa shape index (κ1) is 13.5. The molecule has 6 heteroatoms. The van der Waals surface area contributed by atoms with Gasteiger partial charge in [-0.2, -0.15) is 0 Å². The second-order valence-electron chi connectivity index (χ2n) is 4.07. The third kappa shape index (κ3) is 3.10. The summed E-state index contributed by atoms with van der Waals surface area (Å²) >= 11 is 0. The molecule has 1 aromatic heterocycles. The average Bonchev–Trinajstić information content (AvgIpc) is 2.39. The number of aromatic nitrogens is 1. The highest BCUT2D eigenvalue weighted by atomic mass is 32.2. The fraction of sp³-hybridized carbons (Fsp3) is 0.154. The van der Waals surface area contributed by atoms with E-state index in [2.05, 4.69) is 9.71 Å². The van der Waals surface area contributed by atoms with Crippen molar-refractivity contribution in [3.05, 3.63) is 54.4 Å². The number of aromatic hydroxyl groups is 1. The van der Waals surface area contributed by atoms with Gasteiger partial charge < -0.3 is 5.11 Å². The van der Waals surface area contributed by atoms with E-state index in [1.54, 1.807) is 43.5 Å². The predicted octanol–water partition coefficient (Wildman–Crippen LogP) is 1.83. The molecule has 2 N–H and O–H groups in total. The van der Waals surface area contributed by atoms with Crippen LogP contribution < -0.4 is 4.72 Å². The Morgan fingerprint density at radius 2 is 1.84 bits per heavy atom. The molecule has 1 heterocycles. The van der Waals surface area contributed by atoms with Gasteiger partial charge in [-0.25, -0.2) is 13.1 Å². The number of benzene rings is 1. The molecule has 5 nitrogen and oxygen atoms in total. The van der Waals surface area contributed by atoms with Crippen LogP contribution in [0.1, 0.15) is 18.7 Å². The van der Waals surface area contributed by atoms with Crippen molar-refractivity contribution in [2.24, 2.45) is 0 Å². The first-order valence-electron chi connectivity index (χ1n) is 5.72. The molecular weight excluding hydrogens is 264 g/mol. The molecule has 0 aliphatic heterocycles. The van der Waals surface area contributed by atoms with Crippen LogP contribution in [0.25, 0.3) is 0 Å². The molecular formula is C13H14N2O3S. The van der Waals surface area contributed by atoms with Gasteiger partial charge in [-0.05, 0) is 31.2 Å². The quantitative estimate of drug-likeness (QED) is 0.894. The Hall–Kier alpha value is -1.92. The number of phenolic OH excluding ortho intramolecular Hbond substituents is 1. The molecule has 0 amide bonds. The molecule has 0 saturated carbocycles. The zero-order chi connectivity index (χ0) is 13.9. The van der Waals surface area contributed by atoms with Gasteiger partial charge in [-0.3, -0.25) is 4.98 Å². The highest BCUT2D eigenvalue weighted by Gasteiger charge is 2.21. The van der Waals surface area contributed by atoms with Gasteiger partial charge in [0.05, 0.1) is 11.7 Å². The molecule has 0 saturated heterocycles. The monoisotopic (exact) mass is 278 g/mol. The van der Waals surface area contributed by atoms with Gasteiger partial charge in [0.2, 0.25) is 10.0 Å². The zero-order valence-electron chi connectivity index (χ0n) is 10.3. The van der Waals surface area contributed by atoms with Crippen molar-refractivity contribution in [3.8, 4) is 5.75 Å². The maximum Gasteiger partial charge on any atom is 0.244 e. The van der Waals surface area contributed by atoms with E-state index < -0.39 is 16.1 Å². The molecule has 19 heavy (non-hydrogen) atoms. The largest absolute Gasteiger partial charge is 0.507 e. The summed E-state index contributed by atoms with van der Waals surface area (Å²) in [5.74, 6) is -0.275. The van der Waals surface area contributed by atoms with Crippen molar-refractivity contribution >= 4 is 10.0 Å². The second-order valence-corrected chi connectivity index (χ2v) is 5.75. The highest BCUT2D eigenvalue weighted by Crippen LogP contribution is 2.23. The van der Waals surface area contributed by atoms with Crippen LogP contribution in [0.2, 0.25) is 0 Å². The number of hydrogen-bond donors (Lipinski definition) is 2. The van der Waals surface area contributed by atoms with Gasteiger partial charge >= 0.3 is 0 Å². The third-order valence-electron chi connectivity index (χ3n) is 2.62. The molecule has 0 fully saturated rings. The summed E-state index contributed by atoms with van der Waals surface area (Å²) in [4.78, 5) is 3.95. The van der Waals surface area contributed by atoms with Crippen LogP contribution in [0.4, 0.5) is 0 Å². The Labute approximate surface area is 112 Å². The van der Waals surface area contributed by atoms with E-state index >= 15 is 0 Å². The first-order valence-corrected chi connectivity index (χ1v) is 7.20. The SMILES string of the molecule is CC(NS(=O)(=O)c1ccccc1O)c1ccccn1. The van der Waals surface area contributed by atoms with Crippen LogP contribution in [-0.4, -0.2) is 18.5 Å². The number of sulfonamides is 1. The Balaban J connectivity index is 2.26. The van der Waals surface area contributed by atoms with Crippen LogP contribution in [-0.2, 0) is 10.0 Å². The van der Waals surface area contributed by atoms with E-state index in [0.29, 0.717) is 5.69 Å². The molecule has 0 aliphatic rings. The minimum atomic E-state index is -3.78. The lowest BCUT2D eigenvalue weighted by Gasteiger charge is -2.14. The minimum absolute atomic E-state index is 0.141. The van der Waals surface area contributed by atoms with Crippen LogP contribution in [0.3, 0.4) is 0 Å². The Morgan fingerprint density at radius 3 is 2.47 bits per heavy atom. The van der Waals surface area contributed by atoms with E-state index in [-0.39, 0.29) is 10.6 Å². The van der Waals surface area contributed by atoms with E-state index in [9.17, 15) is 13.5 Å². The molecule has 2 aromatic rings. The molecule has 0 aliphatic carbocycles. The van der Waals surface area contributed by atoms with E-state index in [4.69, 9.17) is 0 Å². The number of nitrogens with zero attached hydrogens (tertiary/aromatic N) is 1. The average molecular weight is 278 g/mol. The standard InChI is InChI=1S/C13H14N2O3S/c1-10(11-6-4-5-9-14-11)15-19(17,18)13-8-3-2-7-12(13)16/h2-10,15-16H,1H3. The summed E-state index contributed by atoms with van der Waals surface area (Å²) in [5, 5.41) is 9.59. The molecule has 2 rings (SSSR count). The number of nitrogens with one attached hydrogen (secondary N) is 1. The van der Waals surface area contributed by atoms with Crippen molar-refractivity contribution < 1.29 is 13.5 Å². The fourth-order valence-corrected chi connectivity index (χ4v) is 2.99. The van der Waals surface area contributed by atoms with Crippen molar-refractivity contribution in [1.29, 1.82) is 0 Å². The predicted molar refractivity (Wildman–Crippen MR) is 71.1 cm³/mol. The van der Waals surface area contributed by atoms with Gasteiger partial charge in [-0.15, -0.1) is 0 Å². The van der Waals surface area contributed by atoms with Crippen LogP contribution in [0.5, 0.6) is 5.75 Å². The van der Waals surface area contributed by atoms with Crippen LogP contribution in [0, 0.1) is 0 Å². The van der Waals surface area contributed by atoms with Gasteiger partial charge in [0.15, 0.2) is 0 Å². The molecule has 0 radical (unpaired) electrons. The lowest BCUT2D eigenvalue weighted by atomic mass is 10.2. The summed E-state index contributed by atoms with van der Waals surface area (Å²) in [5.41, 5.74) is 0.612. The van der Waals surface area contributed by atoms with Gasteiger partial charge in [-0.1, -0.05) is 18.2 Å². The van der Waals surface area contributed by atoms with Gasteiger partial charge in [0, 0.05) is 6.20 Å².